The van der Waals surface area contributed by atoms with E-state index >= 15 is 0 Å². The number of aryl methyl sites for hydroxylation is 2. The van der Waals surface area contributed by atoms with Crippen molar-refractivity contribution in [2.45, 2.75) is 37.6 Å². The van der Waals surface area contributed by atoms with Gasteiger partial charge in [-0.05, 0) is 61.2 Å². The summed E-state index contributed by atoms with van der Waals surface area (Å²) in [4.78, 5) is 12.6. The van der Waals surface area contributed by atoms with Gasteiger partial charge in [-0.3, -0.25) is 4.79 Å². The molecule has 32 heavy (non-hydrogen) atoms. The van der Waals surface area contributed by atoms with Gasteiger partial charge in [0.05, 0.1) is 17.7 Å². The number of hydrogen-bond donors (Lipinski definition) is 2. The SMILES string of the molecule is COc1ccc(C)cc1NC(=O)CCc1ccc(S(=O)(=O)N[C@H](C)c2ccccc2)cc1. The third-order valence-electron chi connectivity index (χ3n) is 5.13. The van der Waals surface area contributed by atoms with Gasteiger partial charge >= 0.3 is 0 Å². The van der Waals surface area contributed by atoms with Crippen molar-refractivity contribution < 1.29 is 17.9 Å². The molecule has 168 valence electrons. The summed E-state index contributed by atoms with van der Waals surface area (Å²) >= 11 is 0. The van der Waals surface area contributed by atoms with E-state index in [0.717, 1.165) is 16.7 Å². The molecule has 6 nitrogen and oxygen atoms in total. The summed E-state index contributed by atoms with van der Waals surface area (Å²) in [6.07, 6.45) is 0.765. The Kier molecular flexibility index (Phi) is 7.66. The third-order valence-corrected chi connectivity index (χ3v) is 6.69. The second-order valence-electron chi connectivity index (χ2n) is 7.65. The number of carbonyl (C=O) groups excluding carboxylic acids is 1. The van der Waals surface area contributed by atoms with E-state index in [-0.39, 0.29) is 23.3 Å². The van der Waals surface area contributed by atoms with E-state index in [9.17, 15) is 13.2 Å². The van der Waals surface area contributed by atoms with Crippen molar-refractivity contribution in [2.75, 3.05) is 12.4 Å². The Morgan fingerprint density at radius 1 is 1.00 bits per heavy atom. The number of rotatable bonds is 9. The number of anilines is 1. The number of benzene rings is 3. The van der Waals surface area contributed by atoms with Crippen LogP contribution < -0.4 is 14.8 Å². The van der Waals surface area contributed by atoms with Gasteiger partial charge in [0.1, 0.15) is 5.75 Å². The van der Waals surface area contributed by atoms with Crippen LogP contribution in [0.5, 0.6) is 5.75 Å². The summed E-state index contributed by atoms with van der Waals surface area (Å²) in [6.45, 7) is 3.75. The van der Waals surface area contributed by atoms with Crippen LogP contribution in [0.3, 0.4) is 0 Å². The van der Waals surface area contributed by atoms with Crippen molar-refractivity contribution in [3.63, 3.8) is 0 Å². The quantitative estimate of drug-likeness (QED) is 0.496. The topological polar surface area (TPSA) is 84.5 Å². The van der Waals surface area contributed by atoms with Gasteiger partial charge in [0.25, 0.3) is 0 Å². The van der Waals surface area contributed by atoms with Crippen molar-refractivity contribution in [3.8, 4) is 5.75 Å². The van der Waals surface area contributed by atoms with Gasteiger partial charge < -0.3 is 10.1 Å². The second-order valence-corrected chi connectivity index (χ2v) is 9.36. The molecule has 0 aliphatic carbocycles. The van der Waals surface area contributed by atoms with Crippen LogP contribution in [0.4, 0.5) is 5.69 Å². The molecule has 1 amide bonds. The molecule has 0 aliphatic rings. The van der Waals surface area contributed by atoms with Crippen molar-refractivity contribution in [1.29, 1.82) is 0 Å². The zero-order valence-electron chi connectivity index (χ0n) is 18.5. The number of ether oxygens (including phenoxy) is 1. The van der Waals surface area contributed by atoms with Gasteiger partial charge in [-0.2, -0.15) is 0 Å². The monoisotopic (exact) mass is 452 g/mol. The fourth-order valence-corrected chi connectivity index (χ4v) is 4.57. The first-order valence-electron chi connectivity index (χ1n) is 10.4. The van der Waals surface area contributed by atoms with Crippen LogP contribution in [0.15, 0.2) is 77.7 Å². The Labute approximate surface area is 189 Å². The molecule has 0 heterocycles. The van der Waals surface area contributed by atoms with Crippen molar-refractivity contribution in [3.05, 3.63) is 89.5 Å². The Balaban J connectivity index is 1.58. The van der Waals surface area contributed by atoms with E-state index in [4.69, 9.17) is 4.74 Å². The average Bonchev–Trinajstić information content (AvgIpc) is 2.78. The molecule has 3 rings (SSSR count). The summed E-state index contributed by atoms with van der Waals surface area (Å²) in [6, 6.07) is 21.3. The van der Waals surface area contributed by atoms with E-state index < -0.39 is 10.0 Å². The average molecular weight is 453 g/mol. The van der Waals surface area contributed by atoms with Gasteiger partial charge in [0.2, 0.25) is 15.9 Å². The van der Waals surface area contributed by atoms with E-state index in [1.807, 2.05) is 62.4 Å². The van der Waals surface area contributed by atoms with Crippen LogP contribution in [-0.4, -0.2) is 21.4 Å². The van der Waals surface area contributed by atoms with Crippen LogP contribution in [0, 0.1) is 6.92 Å². The smallest absolute Gasteiger partial charge is 0.241 e. The molecule has 0 fully saturated rings. The lowest BCUT2D eigenvalue weighted by molar-refractivity contribution is -0.116. The van der Waals surface area contributed by atoms with Crippen LogP contribution in [0.25, 0.3) is 0 Å². The van der Waals surface area contributed by atoms with Crippen molar-refractivity contribution in [2.24, 2.45) is 0 Å². The number of carbonyl (C=O) groups is 1. The molecule has 2 N–H and O–H groups in total. The molecule has 1 atom stereocenters. The largest absolute Gasteiger partial charge is 0.495 e. The number of nitrogens with one attached hydrogen (secondary N) is 2. The number of sulfonamides is 1. The van der Waals surface area contributed by atoms with Gasteiger partial charge in [-0.15, -0.1) is 0 Å². The fraction of sp³-hybridized carbons (Fsp3) is 0.240. The first-order chi connectivity index (χ1) is 15.3. The molecule has 0 aliphatic heterocycles. The van der Waals surface area contributed by atoms with Crippen molar-refractivity contribution >= 4 is 21.6 Å². The highest BCUT2D eigenvalue weighted by atomic mass is 32.2. The van der Waals surface area contributed by atoms with Crippen LogP contribution >= 0.6 is 0 Å². The van der Waals surface area contributed by atoms with E-state index in [0.29, 0.717) is 17.9 Å². The minimum atomic E-state index is -3.65. The zero-order chi connectivity index (χ0) is 23.1. The Morgan fingerprint density at radius 2 is 1.69 bits per heavy atom. The lowest BCUT2D eigenvalue weighted by Gasteiger charge is -2.15. The standard InChI is InChI=1S/C25H28N2O4S/c1-18-9-15-24(31-3)23(17-18)26-25(28)16-12-20-10-13-22(14-11-20)32(29,30)27-19(2)21-7-5-4-6-8-21/h4-11,13-15,17,19,27H,12,16H2,1-3H3,(H,26,28)/t19-/m1/s1. The van der Waals surface area contributed by atoms with Gasteiger partial charge in [0.15, 0.2) is 0 Å². The molecule has 0 unspecified atom stereocenters. The maximum atomic E-state index is 12.7. The number of amides is 1. The first kappa shape index (κ1) is 23.5. The molecule has 3 aromatic rings. The molecular formula is C25H28N2O4S. The molecule has 3 aromatic carbocycles. The van der Waals surface area contributed by atoms with E-state index in [1.54, 1.807) is 31.4 Å². The number of methoxy groups -OCH3 is 1. The maximum Gasteiger partial charge on any atom is 0.241 e. The lowest BCUT2D eigenvalue weighted by atomic mass is 10.1. The minimum Gasteiger partial charge on any atom is -0.495 e. The Morgan fingerprint density at radius 3 is 2.34 bits per heavy atom. The number of hydrogen-bond acceptors (Lipinski definition) is 4. The Hall–Kier alpha value is -3.16. The molecule has 7 heteroatoms. The van der Waals surface area contributed by atoms with E-state index in [2.05, 4.69) is 10.0 Å². The minimum absolute atomic E-state index is 0.135. The van der Waals surface area contributed by atoms with Crippen LogP contribution in [0.2, 0.25) is 0 Å². The summed E-state index contributed by atoms with van der Waals surface area (Å²) in [7, 11) is -2.09. The van der Waals surface area contributed by atoms with E-state index in [1.165, 1.54) is 0 Å². The highest BCUT2D eigenvalue weighted by Gasteiger charge is 2.18. The van der Waals surface area contributed by atoms with Crippen molar-refractivity contribution in [1.82, 2.24) is 4.72 Å². The molecule has 0 spiro atoms. The van der Waals surface area contributed by atoms with Gasteiger partial charge in [-0.25, -0.2) is 13.1 Å². The highest BCUT2D eigenvalue weighted by molar-refractivity contribution is 7.89. The molecule has 0 bridgehead atoms. The van der Waals surface area contributed by atoms with Crippen LogP contribution in [0.1, 0.15) is 36.1 Å². The lowest BCUT2D eigenvalue weighted by Crippen LogP contribution is -2.26. The molecular weight excluding hydrogens is 424 g/mol. The molecule has 0 saturated heterocycles. The summed E-state index contributed by atoms with van der Waals surface area (Å²) in [5.41, 5.74) is 3.43. The summed E-state index contributed by atoms with van der Waals surface area (Å²) in [5.74, 6) is 0.472. The summed E-state index contributed by atoms with van der Waals surface area (Å²) in [5, 5.41) is 2.88. The Bertz CT molecular complexity index is 1160. The molecule has 0 aromatic heterocycles. The fourth-order valence-electron chi connectivity index (χ4n) is 3.34. The maximum absolute atomic E-state index is 12.7. The van der Waals surface area contributed by atoms with Gasteiger partial charge in [-0.1, -0.05) is 48.5 Å². The zero-order valence-corrected chi connectivity index (χ0v) is 19.3. The van der Waals surface area contributed by atoms with Crippen LogP contribution in [-0.2, 0) is 21.2 Å². The third kappa shape index (κ3) is 6.18. The first-order valence-corrected chi connectivity index (χ1v) is 11.9. The predicted octanol–water partition coefficient (Wildman–Crippen LogP) is 4.61. The molecule has 0 radical (unpaired) electrons. The predicted molar refractivity (Wildman–Crippen MR) is 126 cm³/mol. The van der Waals surface area contributed by atoms with Gasteiger partial charge in [0, 0.05) is 12.5 Å². The normalized spacial score (nSPS) is 12.2. The second kappa shape index (κ2) is 10.4. The highest BCUT2D eigenvalue weighted by Crippen LogP contribution is 2.25. The molecule has 0 saturated carbocycles. The summed E-state index contributed by atoms with van der Waals surface area (Å²) < 4.78 is 33.4.